The number of thiazole rings is 1. The maximum absolute atomic E-state index is 12.5. The van der Waals surface area contributed by atoms with Crippen molar-refractivity contribution in [2.75, 3.05) is 10.6 Å². The van der Waals surface area contributed by atoms with Gasteiger partial charge < -0.3 is 10.1 Å². The van der Waals surface area contributed by atoms with Crippen LogP contribution in [0, 0.1) is 0 Å². The van der Waals surface area contributed by atoms with Crippen LogP contribution in [0.4, 0.5) is 15.6 Å². The molecule has 0 aliphatic rings. The lowest BCUT2D eigenvalue weighted by molar-refractivity contribution is -0.117. The zero-order chi connectivity index (χ0) is 20.2. The summed E-state index contributed by atoms with van der Waals surface area (Å²) in [4.78, 5) is 29.7. The van der Waals surface area contributed by atoms with Crippen molar-refractivity contribution in [1.82, 2.24) is 4.98 Å². The molecule has 1 aromatic carbocycles. The molecular formula is C20H27N3O3S. The number of anilines is 2. The van der Waals surface area contributed by atoms with Crippen molar-refractivity contribution in [3.05, 3.63) is 40.9 Å². The Morgan fingerprint density at radius 2 is 1.70 bits per heavy atom. The van der Waals surface area contributed by atoms with Crippen molar-refractivity contribution in [1.29, 1.82) is 0 Å². The smallest absolute Gasteiger partial charge is 0.412 e. The summed E-state index contributed by atoms with van der Waals surface area (Å²) < 4.78 is 5.22. The van der Waals surface area contributed by atoms with E-state index in [1.807, 2.05) is 39.8 Å². The van der Waals surface area contributed by atoms with Crippen molar-refractivity contribution in [3.63, 3.8) is 0 Å². The van der Waals surface area contributed by atoms with Gasteiger partial charge in [0.25, 0.3) is 0 Å². The third kappa shape index (κ3) is 6.36. The van der Waals surface area contributed by atoms with Gasteiger partial charge in [0.15, 0.2) is 5.13 Å². The Morgan fingerprint density at radius 3 is 2.22 bits per heavy atom. The maximum atomic E-state index is 12.5. The quantitative estimate of drug-likeness (QED) is 0.722. The predicted octanol–water partition coefficient (Wildman–Crippen LogP) is 5.36. The normalized spacial score (nSPS) is 12.6. The number of carbonyl (C=O) groups excluding carboxylic acids is 2. The van der Waals surface area contributed by atoms with E-state index < -0.39 is 11.7 Å². The fourth-order valence-corrected chi connectivity index (χ4v) is 3.07. The first-order valence-electron chi connectivity index (χ1n) is 8.91. The third-order valence-corrected chi connectivity index (χ3v) is 4.99. The van der Waals surface area contributed by atoms with Gasteiger partial charge in [-0.1, -0.05) is 26.0 Å². The first-order valence-corrected chi connectivity index (χ1v) is 9.73. The van der Waals surface area contributed by atoms with Crippen LogP contribution in [-0.2, 0) is 9.53 Å². The first-order chi connectivity index (χ1) is 12.5. The molecule has 2 rings (SSSR count). The Balaban J connectivity index is 1.96. The van der Waals surface area contributed by atoms with Gasteiger partial charge in [-0.05, 0) is 51.3 Å². The van der Waals surface area contributed by atoms with Crippen LogP contribution in [0.25, 0.3) is 0 Å². The molecule has 0 saturated carbocycles. The highest BCUT2D eigenvalue weighted by Crippen LogP contribution is 2.27. The summed E-state index contributed by atoms with van der Waals surface area (Å²) in [7, 11) is 0. The molecule has 146 valence electrons. The molecule has 0 radical (unpaired) electrons. The Bertz CT molecular complexity index is 792. The summed E-state index contributed by atoms with van der Waals surface area (Å²) >= 11 is 1.49. The molecule has 0 spiro atoms. The number of amides is 2. The van der Waals surface area contributed by atoms with Crippen LogP contribution in [0.15, 0.2) is 30.5 Å². The molecule has 0 bridgehead atoms. The summed E-state index contributed by atoms with van der Waals surface area (Å²) in [6.45, 7) is 11.4. The summed E-state index contributed by atoms with van der Waals surface area (Å²) in [6, 6.07) is 7.14. The molecule has 0 aliphatic heterocycles. The van der Waals surface area contributed by atoms with Gasteiger partial charge in [0.1, 0.15) is 5.60 Å². The van der Waals surface area contributed by atoms with E-state index in [9.17, 15) is 9.59 Å². The Labute approximate surface area is 164 Å². The van der Waals surface area contributed by atoms with Gasteiger partial charge in [-0.15, -0.1) is 11.3 Å². The number of carbonyl (C=O) groups is 2. The Morgan fingerprint density at radius 1 is 1.07 bits per heavy atom. The summed E-state index contributed by atoms with van der Waals surface area (Å²) in [5.74, 6) is -0.0740. The van der Waals surface area contributed by atoms with E-state index in [1.54, 1.807) is 18.3 Å². The van der Waals surface area contributed by atoms with Gasteiger partial charge in [0, 0.05) is 16.8 Å². The third-order valence-electron chi connectivity index (χ3n) is 3.77. The van der Waals surface area contributed by atoms with E-state index in [0.717, 1.165) is 10.4 Å². The van der Waals surface area contributed by atoms with E-state index in [2.05, 4.69) is 29.5 Å². The second-order valence-electron chi connectivity index (χ2n) is 7.68. The standard InChI is InChI=1S/C20H27N3O3S/c1-12(2)16-11-21-18(27-16)23-17(24)13(3)14-7-9-15(10-8-14)22-19(25)26-20(4,5)6/h7-13H,1-6H3,(H,22,25)(H,21,23,24). The molecule has 1 heterocycles. The Kier molecular flexibility index (Phi) is 6.59. The topological polar surface area (TPSA) is 80.3 Å². The monoisotopic (exact) mass is 389 g/mol. The minimum Gasteiger partial charge on any atom is -0.444 e. The highest BCUT2D eigenvalue weighted by molar-refractivity contribution is 7.15. The van der Waals surface area contributed by atoms with Gasteiger partial charge in [-0.2, -0.15) is 0 Å². The highest BCUT2D eigenvalue weighted by atomic mass is 32.1. The van der Waals surface area contributed by atoms with Gasteiger partial charge in [-0.25, -0.2) is 9.78 Å². The molecule has 0 fully saturated rings. The van der Waals surface area contributed by atoms with E-state index >= 15 is 0 Å². The fraction of sp³-hybridized carbons (Fsp3) is 0.450. The second kappa shape index (κ2) is 8.52. The van der Waals surface area contributed by atoms with Gasteiger partial charge in [0.2, 0.25) is 5.91 Å². The molecule has 2 amide bonds. The van der Waals surface area contributed by atoms with Crippen molar-refractivity contribution in [2.45, 2.75) is 59.0 Å². The average molecular weight is 390 g/mol. The number of benzene rings is 1. The van der Waals surface area contributed by atoms with E-state index in [0.29, 0.717) is 16.7 Å². The number of ether oxygens (including phenoxy) is 1. The molecule has 7 heteroatoms. The number of hydrogen-bond acceptors (Lipinski definition) is 5. The zero-order valence-corrected chi connectivity index (χ0v) is 17.4. The molecule has 1 unspecified atom stereocenters. The average Bonchev–Trinajstić information content (AvgIpc) is 3.02. The van der Waals surface area contributed by atoms with Crippen molar-refractivity contribution in [3.8, 4) is 0 Å². The molecule has 2 aromatic rings. The lowest BCUT2D eigenvalue weighted by Crippen LogP contribution is -2.27. The van der Waals surface area contributed by atoms with Gasteiger partial charge in [-0.3, -0.25) is 10.1 Å². The lowest BCUT2D eigenvalue weighted by Gasteiger charge is -2.19. The van der Waals surface area contributed by atoms with Crippen LogP contribution in [0.1, 0.15) is 63.8 Å². The predicted molar refractivity (Wildman–Crippen MR) is 110 cm³/mol. The zero-order valence-electron chi connectivity index (χ0n) is 16.6. The van der Waals surface area contributed by atoms with Crippen LogP contribution in [0.3, 0.4) is 0 Å². The molecule has 6 nitrogen and oxygen atoms in total. The van der Waals surface area contributed by atoms with Crippen LogP contribution in [-0.4, -0.2) is 22.6 Å². The second-order valence-corrected chi connectivity index (χ2v) is 8.74. The number of hydrogen-bond donors (Lipinski definition) is 2. The fourth-order valence-electron chi connectivity index (χ4n) is 2.25. The van der Waals surface area contributed by atoms with Crippen LogP contribution < -0.4 is 10.6 Å². The highest BCUT2D eigenvalue weighted by Gasteiger charge is 2.18. The molecule has 27 heavy (non-hydrogen) atoms. The van der Waals surface area contributed by atoms with Crippen molar-refractivity contribution in [2.24, 2.45) is 0 Å². The van der Waals surface area contributed by atoms with Crippen molar-refractivity contribution < 1.29 is 14.3 Å². The SMILES string of the molecule is CC(C)c1cnc(NC(=O)C(C)c2ccc(NC(=O)OC(C)(C)C)cc2)s1. The van der Waals surface area contributed by atoms with E-state index in [4.69, 9.17) is 4.74 Å². The number of aromatic nitrogens is 1. The molecular weight excluding hydrogens is 362 g/mol. The summed E-state index contributed by atoms with van der Waals surface area (Å²) in [5, 5.41) is 6.15. The first kappa shape index (κ1) is 20.9. The molecule has 0 saturated heterocycles. The summed E-state index contributed by atoms with van der Waals surface area (Å²) in [6.07, 6.45) is 1.29. The van der Waals surface area contributed by atoms with Crippen LogP contribution in [0.5, 0.6) is 0 Å². The molecule has 1 aromatic heterocycles. The molecule has 1 atom stereocenters. The number of rotatable bonds is 5. The maximum Gasteiger partial charge on any atom is 0.412 e. The van der Waals surface area contributed by atoms with Crippen molar-refractivity contribution >= 4 is 34.2 Å². The Hall–Kier alpha value is -2.41. The minimum atomic E-state index is -0.554. The summed E-state index contributed by atoms with van der Waals surface area (Å²) in [5.41, 5.74) is 0.909. The minimum absolute atomic E-state index is 0.118. The van der Waals surface area contributed by atoms with Crippen LogP contribution >= 0.6 is 11.3 Å². The van der Waals surface area contributed by atoms with Gasteiger partial charge >= 0.3 is 6.09 Å². The molecule has 0 aliphatic carbocycles. The number of nitrogens with one attached hydrogen (secondary N) is 2. The molecule has 2 N–H and O–H groups in total. The largest absolute Gasteiger partial charge is 0.444 e. The number of nitrogens with zero attached hydrogens (tertiary/aromatic N) is 1. The van der Waals surface area contributed by atoms with Crippen LogP contribution in [0.2, 0.25) is 0 Å². The van der Waals surface area contributed by atoms with Gasteiger partial charge in [0.05, 0.1) is 5.92 Å². The van der Waals surface area contributed by atoms with E-state index in [1.165, 1.54) is 11.3 Å². The lowest BCUT2D eigenvalue weighted by atomic mass is 10.0. The van der Waals surface area contributed by atoms with E-state index in [-0.39, 0.29) is 11.8 Å².